The maximum Gasteiger partial charge on any atom is 0.410 e. The first-order valence-electron chi connectivity index (χ1n) is 15.7. The summed E-state index contributed by atoms with van der Waals surface area (Å²) in [6, 6.07) is 33.9. The Bertz CT molecular complexity index is 1440. The van der Waals surface area contributed by atoms with Crippen molar-refractivity contribution in [2.45, 2.75) is 77.1 Å². The van der Waals surface area contributed by atoms with Gasteiger partial charge in [0.25, 0.3) is 0 Å². The molecule has 4 aromatic rings. The van der Waals surface area contributed by atoms with Crippen molar-refractivity contribution < 1.29 is 19.0 Å². The molecule has 1 aliphatic heterocycles. The maximum absolute atomic E-state index is 12.9. The van der Waals surface area contributed by atoms with E-state index in [1.54, 1.807) is 4.90 Å². The number of hydrogen-bond acceptors (Lipinski definition) is 4. The van der Waals surface area contributed by atoms with Crippen LogP contribution in [0.25, 0.3) is 10.8 Å². The van der Waals surface area contributed by atoms with Gasteiger partial charge in [-0.2, -0.15) is 0 Å². The summed E-state index contributed by atoms with van der Waals surface area (Å²) in [4.78, 5) is 14.7. The molecule has 5 rings (SSSR count). The highest BCUT2D eigenvalue weighted by Crippen LogP contribution is 2.33. The van der Waals surface area contributed by atoms with Gasteiger partial charge in [0.2, 0.25) is 0 Å². The van der Waals surface area contributed by atoms with E-state index >= 15 is 0 Å². The van der Waals surface area contributed by atoms with Gasteiger partial charge in [0.15, 0.2) is 0 Å². The zero-order chi connectivity index (χ0) is 30.1. The van der Waals surface area contributed by atoms with Gasteiger partial charge >= 0.3 is 6.09 Å². The van der Waals surface area contributed by atoms with Crippen LogP contribution in [0, 0.1) is 0 Å². The molecule has 0 saturated carbocycles. The lowest BCUT2D eigenvalue weighted by Gasteiger charge is -2.39. The third kappa shape index (κ3) is 9.08. The molecule has 4 aromatic carbocycles. The molecule has 5 heteroatoms. The third-order valence-corrected chi connectivity index (χ3v) is 8.02. The summed E-state index contributed by atoms with van der Waals surface area (Å²) in [5.74, 6) is 1.07. The molecule has 0 bridgehead atoms. The van der Waals surface area contributed by atoms with Crippen molar-refractivity contribution in [1.82, 2.24) is 4.90 Å². The quantitative estimate of drug-likeness (QED) is 0.166. The molecule has 5 nitrogen and oxygen atoms in total. The smallest absolute Gasteiger partial charge is 0.410 e. The summed E-state index contributed by atoms with van der Waals surface area (Å²) in [5, 5.41) is 2.42. The fourth-order valence-electron chi connectivity index (χ4n) is 5.74. The minimum Gasteiger partial charge on any atom is -0.494 e. The molecule has 0 N–H and O–H groups in total. The standard InChI is InChI=1S/C38H45NO4/c1-38(2,3)43-37(40)39-24-23-35(36(27-39)42-28-30-17-18-31-15-9-10-16-33(31)26-30)32-19-21-34(22-20-32)41-25-11-5-8-14-29-12-6-4-7-13-29/h4,6-7,9-10,12-13,15-22,26,35-36H,5,8,11,14,23-25,27-28H2,1-3H3. The Morgan fingerprint density at radius 1 is 0.814 bits per heavy atom. The molecule has 1 fully saturated rings. The molecule has 0 radical (unpaired) electrons. The summed E-state index contributed by atoms with van der Waals surface area (Å²) < 4.78 is 18.3. The van der Waals surface area contributed by atoms with Gasteiger partial charge in [0.1, 0.15) is 11.4 Å². The highest BCUT2D eigenvalue weighted by atomic mass is 16.6. The van der Waals surface area contributed by atoms with Crippen molar-refractivity contribution in [2.24, 2.45) is 0 Å². The second kappa shape index (κ2) is 14.6. The Hall–Kier alpha value is -3.83. The van der Waals surface area contributed by atoms with Crippen LogP contribution in [0.4, 0.5) is 4.79 Å². The number of hydrogen-bond donors (Lipinski definition) is 0. The molecule has 1 heterocycles. The Morgan fingerprint density at radius 3 is 2.33 bits per heavy atom. The normalized spacial score (nSPS) is 17.1. The van der Waals surface area contributed by atoms with Crippen LogP contribution in [0.2, 0.25) is 0 Å². The van der Waals surface area contributed by atoms with Crippen molar-refractivity contribution >= 4 is 16.9 Å². The first-order chi connectivity index (χ1) is 20.8. The molecular formula is C38H45NO4. The Labute approximate surface area is 256 Å². The number of likely N-dealkylation sites (tertiary alicyclic amines) is 1. The van der Waals surface area contributed by atoms with E-state index in [1.165, 1.54) is 28.3 Å². The van der Waals surface area contributed by atoms with Crippen LogP contribution in [0.15, 0.2) is 97.1 Å². The molecule has 0 aliphatic carbocycles. The van der Waals surface area contributed by atoms with Crippen LogP contribution in [0.3, 0.4) is 0 Å². The Morgan fingerprint density at radius 2 is 1.56 bits per heavy atom. The summed E-state index contributed by atoms with van der Waals surface area (Å²) in [7, 11) is 0. The number of aryl methyl sites for hydroxylation is 1. The molecule has 226 valence electrons. The fourth-order valence-corrected chi connectivity index (χ4v) is 5.74. The number of fused-ring (bicyclic) bond motifs is 1. The van der Waals surface area contributed by atoms with Crippen LogP contribution in [-0.2, 0) is 22.5 Å². The molecule has 1 saturated heterocycles. The molecule has 43 heavy (non-hydrogen) atoms. The van der Waals surface area contributed by atoms with E-state index in [0.717, 1.165) is 43.6 Å². The van der Waals surface area contributed by atoms with E-state index in [2.05, 4.69) is 97.1 Å². The molecule has 0 spiro atoms. The number of carbonyl (C=O) groups excluding carboxylic acids is 1. The number of amides is 1. The van der Waals surface area contributed by atoms with Crippen molar-refractivity contribution in [3.63, 3.8) is 0 Å². The predicted octanol–water partition coefficient (Wildman–Crippen LogP) is 8.94. The number of carbonyl (C=O) groups is 1. The lowest BCUT2D eigenvalue weighted by atomic mass is 9.87. The van der Waals surface area contributed by atoms with Crippen molar-refractivity contribution in [3.8, 4) is 5.75 Å². The van der Waals surface area contributed by atoms with Gasteiger partial charge in [-0.15, -0.1) is 0 Å². The predicted molar refractivity (Wildman–Crippen MR) is 174 cm³/mol. The molecule has 2 unspecified atom stereocenters. The van der Waals surface area contributed by atoms with E-state index in [9.17, 15) is 4.79 Å². The average molecular weight is 580 g/mol. The number of unbranched alkanes of at least 4 members (excludes halogenated alkanes) is 2. The van der Waals surface area contributed by atoms with E-state index < -0.39 is 5.60 Å². The van der Waals surface area contributed by atoms with Gasteiger partial charge in [0.05, 0.1) is 25.9 Å². The van der Waals surface area contributed by atoms with E-state index in [-0.39, 0.29) is 18.1 Å². The van der Waals surface area contributed by atoms with Crippen LogP contribution in [0.1, 0.15) is 69.1 Å². The van der Waals surface area contributed by atoms with Gasteiger partial charge in [-0.25, -0.2) is 4.79 Å². The first kappa shape index (κ1) is 30.6. The number of rotatable bonds is 11. The largest absolute Gasteiger partial charge is 0.494 e. The van der Waals surface area contributed by atoms with Gasteiger partial charge in [-0.3, -0.25) is 0 Å². The molecule has 1 aliphatic rings. The third-order valence-electron chi connectivity index (χ3n) is 8.02. The molecular weight excluding hydrogens is 534 g/mol. The van der Waals surface area contributed by atoms with Crippen LogP contribution < -0.4 is 4.74 Å². The van der Waals surface area contributed by atoms with Crippen LogP contribution >= 0.6 is 0 Å². The lowest BCUT2D eigenvalue weighted by Crippen LogP contribution is -2.48. The monoisotopic (exact) mass is 579 g/mol. The topological polar surface area (TPSA) is 48.0 Å². The number of piperidine rings is 1. The lowest BCUT2D eigenvalue weighted by molar-refractivity contribution is -0.0359. The average Bonchev–Trinajstić information content (AvgIpc) is 3.01. The molecule has 1 amide bonds. The van der Waals surface area contributed by atoms with E-state index in [0.29, 0.717) is 19.7 Å². The SMILES string of the molecule is CC(C)(C)OC(=O)N1CCC(c2ccc(OCCCCCc3ccccc3)cc2)C(OCc2ccc3ccccc3c2)C1. The van der Waals surface area contributed by atoms with Crippen LogP contribution in [-0.4, -0.2) is 42.4 Å². The second-order valence-corrected chi connectivity index (χ2v) is 12.6. The molecule has 0 aromatic heterocycles. The highest BCUT2D eigenvalue weighted by Gasteiger charge is 2.35. The van der Waals surface area contributed by atoms with E-state index in [1.807, 2.05) is 20.8 Å². The first-order valence-corrected chi connectivity index (χ1v) is 15.7. The van der Waals surface area contributed by atoms with Crippen molar-refractivity contribution in [3.05, 3.63) is 114 Å². The highest BCUT2D eigenvalue weighted by molar-refractivity contribution is 5.82. The van der Waals surface area contributed by atoms with Crippen molar-refractivity contribution in [1.29, 1.82) is 0 Å². The minimum atomic E-state index is -0.535. The summed E-state index contributed by atoms with van der Waals surface area (Å²) in [5.41, 5.74) is 3.20. The van der Waals surface area contributed by atoms with Gasteiger partial charge < -0.3 is 19.1 Å². The maximum atomic E-state index is 12.9. The second-order valence-electron chi connectivity index (χ2n) is 12.6. The molecule has 2 atom stereocenters. The zero-order valence-corrected chi connectivity index (χ0v) is 25.8. The van der Waals surface area contributed by atoms with Crippen molar-refractivity contribution in [2.75, 3.05) is 19.7 Å². The van der Waals surface area contributed by atoms with Gasteiger partial charge in [0, 0.05) is 12.5 Å². The zero-order valence-electron chi connectivity index (χ0n) is 25.8. The van der Waals surface area contributed by atoms with Crippen LogP contribution in [0.5, 0.6) is 5.75 Å². The van der Waals surface area contributed by atoms with E-state index in [4.69, 9.17) is 14.2 Å². The minimum absolute atomic E-state index is 0.149. The summed E-state index contributed by atoms with van der Waals surface area (Å²) in [6.45, 7) is 8.05. The van der Waals surface area contributed by atoms with Gasteiger partial charge in [-0.05, 0) is 98.5 Å². The number of nitrogens with zero attached hydrogens (tertiary/aromatic N) is 1. The Balaban J connectivity index is 1.18. The number of benzene rings is 4. The van der Waals surface area contributed by atoms with Gasteiger partial charge in [-0.1, -0.05) is 78.9 Å². The Kier molecular flexibility index (Phi) is 10.4. The summed E-state index contributed by atoms with van der Waals surface area (Å²) >= 11 is 0. The fraction of sp³-hybridized carbons (Fsp3) is 0.395. The number of ether oxygens (including phenoxy) is 3. The summed E-state index contributed by atoms with van der Waals surface area (Å²) in [6.07, 6.45) is 4.87.